The predicted octanol–water partition coefficient (Wildman–Crippen LogP) is 7.15. The van der Waals surface area contributed by atoms with Gasteiger partial charge in [-0.2, -0.15) is 18.2 Å². The average Bonchev–Trinajstić information content (AvgIpc) is 3.33. The standard InChI is InChI=1S/C28H33F3N4O2/c29-28(30,31)23-18-22(14-15-24(23)36-16-6-11-19-7-2-1-3-8-19)26-34-27(37-35-26)21-12-4-9-20(10-5-13-21)17-25(32)33/h1-3,7-8,14-15,18,20-21H,4-6,9-13,16-17H2,(H3,32,33). The summed E-state index contributed by atoms with van der Waals surface area (Å²) in [6, 6.07) is 13.7. The van der Waals surface area contributed by atoms with Gasteiger partial charge in [-0.25, -0.2) is 0 Å². The number of ether oxygens (including phenoxy) is 1. The second kappa shape index (κ2) is 12.3. The first-order chi connectivity index (χ1) is 17.8. The molecule has 1 fully saturated rings. The lowest BCUT2D eigenvalue weighted by Gasteiger charge is -2.22. The lowest BCUT2D eigenvalue weighted by molar-refractivity contribution is -0.138. The molecule has 0 radical (unpaired) electrons. The molecule has 3 aromatic rings. The van der Waals surface area contributed by atoms with Crippen molar-refractivity contribution in [2.75, 3.05) is 6.61 Å². The van der Waals surface area contributed by atoms with Crippen molar-refractivity contribution >= 4 is 5.84 Å². The van der Waals surface area contributed by atoms with Crippen LogP contribution in [0.5, 0.6) is 5.75 Å². The molecule has 6 nitrogen and oxygen atoms in total. The number of alkyl halides is 3. The minimum atomic E-state index is -4.58. The highest BCUT2D eigenvalue weighted by Gasteiger charge is 2.35. The van der Waals surface area contributed by atoms with Crippen molar-refractivity contribution < 1.29 is 22.4 Å². The Hall–Kier alpha value is -3.36. The zero-order chi connectivity index (χ0) is 26.3. The van der Waals surface area contributed by atoms with Gasteiger partial charge < -0.3 is 15.0 Å². The van der Waals surface area contributed by atoms with E-state index in [0.29, 0.717) is 24.7 Å². The van der Waals surface area contributed by atoms with Crippen LogP contribution in [0, 0.1) is 11.3 Å². The van der Waals surface area contributed by atoms with Crippen LogP contribution in [0.15, 0.2) is 53.1 Å². The monoisotopic (exact) mass is 514 g/mol. The molecule has 0 aliphatic heterocycles. The van der Waals surface area contributed by atoms with Gasteiger partial charge in [0.2, 0.25) is 11.7 Å². The van der Waals surface area contributed by atoms with Crippen LogP contribution < -0.4 is 10.5 Å². The topological polar surface area (TPSA) is 98.0 Å². The molecule has 0 saturated heterocycles. The molecule has 3 N–H and O–H groups in total. The number of nitrogens with one attached hydrogen (secondary N) is 1. The maximum atomic E-state index is 13.8. The van der Waals surface area contributed by atoms with Crippen LogP contribution in [0.4, 0.5) is 13.2 Å². The fourth-order valence-electron chi connectivity index (χ4n) is 4.99. The third kappa shape index (κ3) is 7.57. The van der Waals surface area contributed by atoms with Gasteiger partial charge in [-0.3, -0.25) is 5.41 Å². The summed E-state index contributed by atoms with van der Waals surface area (Å²) >= 11 is 0. The summed E-state index contributed by atoms with van der Waals surface area (Å²) in [6.45, 7) is 0.179. The summed E-state index contributed by atoms with van der Waals surface area (Å²) in [5.41, 5.74) is 6.07. The van der Waals surface area contributed by atoms with Gasteiger partial charge in [-0.05, 0) is 68.2 Å². The van der Waals surface area contributed by atoms with Gasteiger partial charge in [-0.15, -0.1) is 0 Å². The molecule has 9 heteroatoms. The summed E-state index contributed by atoms with van der Waals surface area (Å²) in [7, 11) is 0. The number of benzene rings is 2. The number of aryl methyl sites for hydroxylation is 1. The Bertz CT molecular complexity index is 1150. The van der Waals surface area contributed by atoms with Crippen LogP contribution in [0.2, 0.25) is 0 Å². The number of hydrogen-bond donors (Lipinski definition) is 2. The van der Waals surface area contributed by atoms with Gasteiger partial charge in [-0.1, -0.05) is 48.3 Å². The third-order valence-electron chi connectivity index (χ3n) is 6.88. The maximum Gasteiger partial charge on any atom is 0.419 e. The molecule has 0 unspecified atom stereocenters. The van der Waals surface area contributed by atoms with E-state index < -0.39 is 11.7 Å². The van der Waals surface area contributed by atoms with Crippen molar-refractivity contribution in [2.24, 2.45) is 11.7 Å². The lowest BCUT2D eigenvalue weighted by Crippen LogP contribution is -2.17. The van der Waals surface area contributed by atoms with Crippen LogP contribution >= 0.6 is 0 Å². The second-order valence-electron chi connectivity index (χ2n) is 9.76. The third-order valence-corrected chi connectivity index (χ3v) is 6.88. The number of rotatable bonds is 9. The largest absolute Gasteiger partial charge is 0.493 e. The van der Waals surface area contributed by atoms with E-state index in [9.17, 15) is 13.2 Å². The summed E-state index contributed by atoms with van der Waals surface area (Å²) in [4.78, 5) is 4.47. The first-order valence-electron chi connectivity index (χ1n) is 12.8. The molecule has 0 bridgehead atoms. The first kappa shape index (κ1) is 26.7. The molecule has 1 saturated carbocycles. The minimum absolute atomic E-state index is 0.0776. The van der Waals surface area contributed by atoms with Crippen molar-refractivity contribution in [3.8, 4) is 17.1 Å². The van der Waals surface area contributed by atoms with Crippen molar-refractivity contribution in [3.05, 3.63) is 65.5 Å². The molecular formula is C28H33F3N4O2. The number of halogens is 3. The maximum absolute atomic E-state index is 13.8. The van der Waals surface area contributed by atoms with Crippen LogP contribution in [-0.4, -0.2) is 22.6 Å². The van der Waals surface area contributed by atoms with E-state index in [1.165, 1.54) is 6.07 Å². The number of hydrogen-bond acceptors (Lipinski definition) is 5. The molecule has 1 heterocycles. The van der Waals surface area contributed by atoms with E-state index in [1.807, 2.05) is 30.3 Å². The number of aromatic nitrogens is 2. The molecule has 0 spiro atoms. The van der Waals surface area contributed by atoms with Crippen LogP contribution in [-0.2, 0) is 12.6 Å². The van der Waals surface area contributed by atoms with E-state index >= 15 is 0 Å². The number of nitrogens with zero attached hydrogens (tertiary/aromatic N) is 2. The first-order valence-corrected chi connectivity index (χ1v) is 12.8. The molecule has 0 amide bonds. The summed E-state index contributed by atoms with van der Waals surface area (Å²) in [5, 5.41) is 11.5. The summed E-state index contributed by atoms with van der Waals surface area (Å²) in [6.07, 6.45) is 2.98. The lowest BCUT2D eigenvalue weighted by atomic mass is 9.84. The number of amidine groups is 1. The normalized spacial score (nSPS) is 18.7. The zero-order valence-electron chi connectivity index (χ0n) is 20.8. The smallest absolute Gasteiger partial charge is 0.419 e. The van der Waals surface area contributed by atoms with E-state index in [-0.39, 0.29) is 35.5 Å². The van der Waals surface area contributed by atoms with Gasteiger partial charge >= 0.3 is 6.18 Å². The van der Waals surface area contributed by atoms with Gasteiger partial charge in [0.15, 0.2) is 0 Å². The van der Waals surface area contributed by atoms with E-state index in [2.05, 4.69) is 10.1 Å². The van der Waals surface area contributed by atoms with Crippen molar-refractivity contribution in [3.63, 3.8) is 0 Å². The Morgan fingerprint density at radius 1 is 1.05 bits per heavy atom. The summed E-state index contributed by atoms with van der Waals surface area (Å²) in [5.74, 6) is 1.14. The molecule has 37 heavy (non-hydrogen) atoms. The van der Waals surface area contributed by atoms with Gasteiger partial charge in [0.25, 0.3) is 0 Å². The highest BCUT2D eigenvalue weighted by molar-refractivity contribution is 5.77. The van der Waals surface area contributed by atoms with Crippen LogP contribution in [0.1, 0.15) is 74.3 Å². The minimum Gasteiger partial charge on any atom is -0.493 e. The second-order valence-corrected chi connectivity index (χ2v) is 9.76. The van der Waals surface area contributed by atoms with Gasteiger partial charge in [0.05, 0.1) is 18.0 Å². The Morgan fingerprint density at radius 3 is 2.46 bits per heavy atom. The SMILES string of the molecule is N=C(N)CC1CCCC(c2nc(-c3ccc(OCCCc4ccccc4)c(C(F)(F)F)c3)no2)CCC1. The molecule has 1 aliphatic carbocycles. The summed E-state index contributed by atoms with van der Waals surface area (Å²) < 4.78 is 52.6. The van der Waals surface area contributed by atoms with Gasteiger partial charge in [0.1, 0.15) is 5.75 Å². The Balaban J connectivity index is 1.40. The fraction of sp³-hybridized carbons (Fsp3) is 0.464. The Morgan fingerprint density at radius 2 is 1.78 bits per heavy atom. The van der Waals surface area contributed by atoms with Gasteiger partial charge in [0, 0.05) is 17.9 Å². The van der Waals surface area contributed by atoms with E-state index in [1.54, 1.807) is 6.07 Å². The molecular weight excluding hydrogens is 481 g/mol. The van der Waals surface area contributed by atoms with Crippen molar-refractivity contribution in [1.82, 2.24) is 10.1 Å². The van der Waals surface area contributed by atoms with E-state index in [0.717, 1.165) is 56.6 Å². The van der Waals surface area contributed by atoms with Crippen molar-refractivity contribution in [1.29, 1.82) is 5.41 Å². The zero-order valence-corrected chi connectivity index (χ0v) is 20.8. The van der Waals surface area contributed by atoms with Crippen LogP contribution in [0.25, 0.3) is 11.4 Å². The average molecular weight is 515 g/mol. The predicted molar refractivity (Wildman–Crippen MR) is 135 cm³/mol. The molecule has 1 aliphatic rings. The quantitative estimate of drug-likeness (QED) is 0.180. The molecule has 198 valence electrons. The fourth-order valence-corrected chi connectivity index (χ4v) is 4.99. The number of nitrogens with two attached hydrogens (primary N) is 1. The molecule has 2 aromatic carbocycles. The molecule has 4 rings (SSSR count). The molecule has 0 atom stereocenters. The highest BCUT2D eigenvalue weighted by atomic mass is 19.4. The van der Waals surface area contributed by atoms with Crippen LogP contribution in [0.3, 0.4) is 0 Å². The van der Waals surface area contributed by atoms with E-state index in [4.69, 9.17) is 20.4 Å². The Kier molecular flexibility index (Phi) is 8.84. The molecule has 1 aromatic heterocycles. The Labute approximate surface area is 214 Å². The van der Waals surface area contributed by atoms with Crippen molar-refractivity contribution in [2.45, 2.75) is 69.9 Å². The highest BCUT2D eigenvalue weighted by Crippen LogP contribution is 2.39.